The van der Waals surface area contributed by atoms with Crippen LogP contribution in [0, 0.1) is 39.0 Å². The summed E-state index contributed by atoms with van der Waals surface area (Å²) < 4.78 is 5.03. The highest BCUT2D eigenvalue weighted by atomic mass is 15.0. The van der Waals surface area contributed by atoms with Crippen LogP contribution in [0.15, 0.2) is 231 Å². The van der Waals surface area contributed by atoms with E-state index in [0.717, 1.165) is 94.8 Å². The van der Waals surface area contributed by atoms with Gasteiger partial charge in [-0.2, -0.15) is 5.26 Å². The monoisotopic (exact) mass is 1050 g/mol. The molecule has 0 bridgehead atoms. The molecule has 82 heavy (non-hydrogen) atoms. The lowest BCUT2D eigenvalue weighted by Gasteiger charge is -2.34. The van der Waals surface area contributed by atoms with Gasteiger partial charge in [-0.25, -0.2) is 0 Å². The van der Waals surface area contributed by atoms with Crippen molar-refractivity contribution >= 4 is 66.7 Å². The number of nitrogens with zero attached hydrogens (tertiary/aromatic N) is 3. The van der Waals surface area contributed by atoms with Gasteiger partial charge in [-0.1, -0.05) is 243 Å². The van der Waals surface area contributed by atoms with Crippen LogP contribution in [0.2, 0.25) is 0 Å². The molecule has 1 aliphatic carbocycles. The molecule has 0 saturated heterocycles. The van der Waals surface area contributed by atoms with Crippen LogP contribution in [-0.4, -0.2) is 15.8 Å². The van der Waals surface area contributed by atoms with E-state index in [4.69, 9.17) is 0 Å². The lowest BCUT2D eigenvalue weighted by Crippen LogP contribution is -2.59. The molecular weight excluding hydrogens is 990 g/mol. The standard InChI is InChI=1S/C78H64BN3/c1-49-23-21-24-50(2)72(49)79(73-51(3)25-22-26-52(73)4)74-70-71(78(7,8)48-77(70,5)6)75(81-66-39-35-57(53-27-13-9-14-28-53)43-61(66)62-44-58(36-40-67(62)81)54-29-15-10-16-30-54)65(47-80)76(74)82-68-41-37-59(55-31-17-11-18-32-55)45-63(68)64-46-60(38-42-69(64)82)56-33-19-12-20-34-56/h9-46H,48H2,1-8H3. The highest BCUT2D eigenvalue weighted by Gasteiger charge is 2.50. The summed E-state index contributed by atoms with van der Waals surface area (Å²) in [4.78, 5) is 0. The minimum Gasteiger partial charge on any atom is -0.308 e. The van der Waals surface area contributed by atoms with E-state index in [-0.39, 0.29) is 17.5 Å². The van der Waals surface area contributed by atoms with E-state index < -0.39 is 0 Å². The summed E-state index contributed by atoms with van der Waals surface area (Å²) in [6.45, 7) is 18.7. The molecule has 0 amide bonds. The number of hydrogen-bond acceptors (Lipinski definition) is 1. The van der Waals surface area contributed by atoms with Gasteiger partial charge in [0, 0.05) is 21.5 Å². The second-order valence-corrected chi connectivity index (χ2v) is 24.4. The lowest BCUT2D eigenvalue weighted by molar-refractivity contribution is 0.403. The summed E-state index contributed by atoms with van der Waals surface area (Å²) in [5.41, 5.74) is 26.6. The highest BCUT2D eigenvalue weighted by Crippen LogP contribution is 2.55. The van der Waals surface area contributed by atoms with Gasteiger partial charge in [0.25, 0.3) is 0 Å². The van der Waals surface area contributed by atoms with E-state index in [1.807, 2.05) is 0 Å². The van der Waals surface area contributed by atoms with E-state index in [2.05, 4.69) is 301 Å². The molecule has 0 fully saturated rings. The van der Waals surface area contributed by atoms with Crippen molar-refractivity contribution < 1.29 is 0 Å². The number of nitriles is 1. The van der Waals surface area contributed by atoms with E-state index in [1.54, 1.807) is 0 Å². The molecule has 394 valence electrons. The van der Waals surface area contributed by atoms with Crippen molar-refractivity contribution in [2.45, 2.75) is 72.6 Å². The minimum absolute atomic E-state index is 0.250. The number of fused-ring (bicyclic) bond motifs is 7. The molecule has 0 spiro atoms. The van der Waals surface area contributed by atoms with Crippen molar-refractivity contribution in [3.8, 4) is 62.0 Å². The van der Waals surface area contributed by atoms with E-state index in [9.17, 15) is 5.26 Å². The zero-order valence-corrected chi connectivity index (χ0v) is 48.1. The van der Waals surface area contributed by atoms with Crippen LogP contribution in [0.5, 0.6) is 0 Å². The third-order valence-electron chi connectivity index (χ3n) is 18.2. The van der Waals surface area contributed by atoms with E-state index in [0.29, 0.717) is 5.56 Å². The average Bonchev–Trinajstić information content (AvgIpc) is 2.16. The van der Waals surface area contributed by atoms with Crippen molar-refractivity contribution in [1.29, 1.82) is 5.26 Å². The number of hydrogen-bond donors (Lipinski definition) is 0. The maximum absolute atomic E-state index is 13.0. The second kappa shape index (κ2) is 19.4. The maximum Gasteiger partial charge on any atom is 0.245 e. The normalized spacial score (nSPS) is 13.5. The molecule has 0 unspecified atom stereocenters. The number of aromatic nitrogens is 2. The zero-order chi connectivity index (χ0) is 56.2. The first-order valence-corrected chi connectivity index (χ1v) is 29.0. The van der Waals surface area contributed by atoms with Crippen molar-refractivity contribution in [2.24, 2.45) is 0 Å². The van der Waals surface area contributed by atoms with Crippen LogP contribution in [-0.2, 0) is 10.8 Å². The molecule has 11 aromatic carbocycles. The molecule has 4 heteroatoms. The van der Waals surface area contributed by atoms with Gasteiger partial charge in [0.2, 0.25) is 6.71 Å². The maximum atomic E-state index is 13.0. The van der Waals surface area contributed by atoms with Crippen LogP contribution in [0.3, 0.4) is 0 Å². The van der Waals surface area contributed by atoms with E-state index >= 15 is 0 Å². The molecule has 3 nitrogen and oxygen atoms in total. The molecule has 1 aliphatic rings. The van der Waals surface area contributed by atoms with Gasteiger partial charge in [0.15, 0.2) is 0 Å². The molecule has 14 rings (SSSR count). The summed E-state index contributed by atoms with van der Waals surface area (Å²) in [6, 6.07) is 87.6. The Balaban J connectivity index is 1.22. The second-order valence-electron chi connectivity index (χ2n) is 24.4. The minimum atomic E-state index is -0.369. The Labute approximate surface area is 482 Å². The van der Waals surface area contributed by atoms with Gasteiger partial charge in [-0.05, 0) is 155 Å². The summed E-state index contributed by atoms with van der Waals surface area (Å²) in [5, 5.41) is 17.6. The third-order valence-corrected chi connectivity index (χ3v) is 18.2. The Bertz CT molecular complexity index is 4460. The predicted molar refractivity (Wildman–Crippen MR) is 349 cm³/mol. The Morgan fingerprint density at radius 3 is 0.963 bits per heavy atom. The first-order chi connectivity index (χ1) is 39.8. The summed E-state index contributed by atoms with van der Waals surface area (Å²) in [7, 11) is 0. The van der Waals surface area contributed by atoms with E-state index in [1.165, 1.54) is 60.9 Å². The fourth-order valence-electron chi connectivity index (χ4n) is 15.0. The Morgan fingerprint density at radius 1 is 0.341 bits per heavy atom. The first kappa shape index (κ1) is 50.8. The molecule has 0 N–H and O–H groups in total. The number of rotatable bonds is 9. The molecule has 0 atom stereocenters. The van der Waals surface area contributed by atoms with Gasteiger partial charge in [0.1, 0.15) is 6.07 Å². The molecule has 2 heterocycles. The van der Waals surface area contributed by atoms with Gasteiger partial charge in [-0.15, -0.1) is 0 Å². The van der Waals surface area contributed by atoms with Crippen LogP contribution in [0.25, 0.3) is 99.5 Å². The van der Waals surface area contributed by atoms with Crippen molar-refractivity contribution in [2.75, 3.05) is 0 Å². The predicted octanol–water partition coefficient (Wildman–Crippen LogP) is 18.1. The van der Waals surface area contributed by atoms with Crippen LogP contribution >= 0.6 is 0 Å². The van der Waals surface area contributed by atoms with Crippen LogP contribution in [0.4, 0.5) is 0 Å². The average molecular weight is 1050 g/mol. The van der Waals surface area contributed by atoms with Gasteiger partial charge >= 0.3 is 0 Å². The Kier molecular flexibility index (Phi) is 12.0. The topological polar surface area (TPSA) is 33.6 Å². The summed E-state index contributed by atoms with van der Waals surface area (Å²) in [5.74, 6) is 0. The molecule has 0 radical (unpaired) electrons. The molecule has 0 saturated carbocycles. The fraction of sp³-hybridized carbons (Fsp3) is 0.141. The Morgan fingerprint density at radius 2 is 0.646 bits per heavy atom. The fourth-order valence-corrected chi connectivity index (χ4v) is 15.0. The largest absolute Gasteiger partial charge is 0.308 e. The molecular formula is C78H64BN3. The van der Waals surface area contributed by atoms with Crippen molar-refractivity contribution in [3.05, 3.63) is 269 Å². The van der Waals surface area contributed by atoms with Gasteiger partial charge < -0.3 is 9.13 Å². The first-order valence-electron chi connectivity index (χ1n) is 29.0. The number of benzene rings is 11. The third kappa shape index (κ3) is 8.01. The molecule has 2 aromatic heterocycles. The SMILES string of the molecule is Cc1cccc(C)c1B(c1c(C)cccc1C)c1c(-n2c3ccc(-c4ccccc4)cc3c3cc(-c4ccccc4)ccc32)c(C#N)c(-n2c3ccc(-c4ccccc4)cc3c3cc(-c4ccccc4)ccc32)c2c1C(C)(C)CC2(C)C. The quantitative estimate of drug-likeness (QED) is 0.133. The summed E-state index contributed by atoms with van der Waals surface area (Å²) in [6.07, 6.45) is 0.886. The van der Waals surface area contributed by atoms with Gasteiger partial charge in [0.05, 0.1) is 39.0 Å². The molecule has 0 aliphatic heterocycles. The smallest absolute Gasteiger partial charge is 0.245 e. The summed E-state index contributed by atoms with van der Waals surface area (Å²) >= 11 is 0. The molecule has 13 aromatic rings. The van der Waals surface area contributed by atoms with Crippen LogP contribution in [0.1, 0.15) is 73.1 Å². The number of aryl methyl sites for hydroxylation is 4. The Hall–Kier alpha value is -9.43. The van der Waals surface area contributed by atoms with Crippen molar-refractivity contribution in [3.63, 3.8) is 0 Å². The lowest BCUT2D eigenvalue weighted by atomic mass is 9.32. The van der Waals surface area contributed by atoms with Gasteiger partial charge in [-0.3, -0.25) is 0 Å². The van der Waals surface area contributed by atoms with Crippen molar-refractivity contribution in [1.82, 2.24) is 9.13 Å². The zero-order valence-electron chi connectivity index (χ0n) is 48.1. The van der Waals surface area contributed by atoms with Crippen LogP contribution < -0.4 is 16.4 Å². The highest BCUT2D eigenvalue weighted by molar-refractivity contribution is 6.97.